The van der Waals surface area contributed by atoms with Gasteiger partial charge in [0.15, 0.2) is 0 Å². The highest BCUT2D eigenvalue weighted by molar-refractivity contribution is 5.25. The highest BCUT2D eigenvalue weighted by Gasteiger charge is 2.19. The lowest BCUT2D eigenvalue weighted by molar-refractivity contribution is 0.194. The Morgan fingerprint density at radius 3 is 3.11 bits per heavy atom. The first-order valence-corrected chi connectivity index (χ1v) is 6.46. The molecule has 1 aromatic heterocycles. The molecule has 18 heavy (non-hydrogen) atoms. The second kappa shape index (κ2) is 5.94. The van der Waals surface area contributed by atoms with Gasteiger partial charge in [0.25, 0.3) is 0 Å². The Kier molecular flexibility index (Phi) is 4.29. The normalized spacial score (nSPS) is 22.4. The van der Waals surface area contributed by atoms with Gasteiger partial charge in [-0.25, -0.2) is 4.98 Å². The largest absolute Gasteiger partial charge is 0.305 e. The van der Waals surface area contributed by atoms with Gasteiger partial charge in [-0.1, -0.05) is 0 Å². The van der Waals surface area contributed by atoms with Gasteiger partial charge < -0.3 is 4.90 Å². The van der Waals surface area contributed by atoms with Crippen molar-refractivity contribution in [1.82, 2.24) is 14.8 Å². The Morgan fingerprint density at radius 1 is 1.50 bits per heavy atom. The lowest BCUT2D eigenvalue weighted by atomic mass is 10.2. The third kappa shape index (κ3) is 3.28. The number of aromatic nitrogens is 1. The summed E-state index contributed by atoms with van der Waals surface area (Å²) < 4.78 is 0. The van der Waals surface area contributed by atoms with E-state index in [-0.39, 0.29) is 0 Å². The maximum Gasteiger partial charge on any atom is 0.140 e. The fraction of sp³-hybridized carbons (Fsp3) is 0.571. The molecule has 1 saturated heterocycles. The molecule has 2 heterocycles. The fourth-order valence-corrected chi connectivity index (χ4v) is 2.53. The van der Waals surface area contributed by atoms with Gasteiger partial charge in [-0.15, -0.1) is 0 Å². The summed E-state index contributed by atoms with van der Waals surface area (Å²) in [7, 11) is 2.18. The van der Waals surface area contributed by atoms with Crippen molar-refractivity contribution >= 4 is 0 Å². The third-order valence-corrected chi connectivity index (χ3v) is 3.51. The molecule has 1 aliphatic heterocycles. The molecule has 1 atom stereocenters. The zero-order valence-electron chi connectivity index (χ0n) is 11.1. The predicted octanol–water partition coefficient (Wildman–Crippen LogP) is 1.48. The molecule has 4 heteroatoms. The molecule has 0 radical (unpaired) electrons. The van der Waals surface area contributed by atoms with Crippen LogP contribution in [0.3, 0.4) is 0 Å². The van der Waals surface area contributed by atoms with Gasteiger partial charge in [-0.3, -0.25) is 4.90 Å². The van der Waals surface area contributed by atoms with Gasteiger partial charge in [-0.05, 0) is 44.6 Å². The number of likely N-dealkylation sites (N-methyl/N-ethyl adjacent to an activating group) is 1. The molecule has 1 aromatic rings. The first-order valence-electron chi connectivity index (χ1n) is 6.46. The minimum Gasteiger partial charge on any atom is -0.305 e. The standard InChI is InChI=1S/C14H20N4/c1-12-10-17(2)6-3-7-18(12)11-13-4-5-16-14(8-13)9-15/h4-5,8,12H,3,6-7,10-11H2,1-2H3. The Hall–Kier alpha value is -1.44. The Bertz CT molecular complexity index is 438. The summed E-state index contributed by atoms with van der Waals surface area (Å²) in [6.07, 6.45) is 2.93. The van der Waals surface area contributed by atoms with E-state index in [9.17, 15) is 0 Å². The van der Waals surface area contributed by atoms with Gasteiger partial charge in [0.1, 0.15) is 11.8 Å². The van der Waals surface area contributed by atoms with Crippen molar-refractivity contribution < 1.29 is 0 Å². The number of rotatable bonds is 2. The van der Waals surface area contributed by atoms with Gasteiger partial charge >= 0.3 is 0 Å². The minimum absolute atomic E-state index is 0.507. The van der Waals surface area contributed by atoms with E-state index >= 15 is 0 Å². The van der Waals surface area contributed by atoms with Crippen LogP contribution in [0.25, 0.3) is 0 Å². The van der Waals surface area contributed by atoms with Crippen LogP contribution in [0, 0.1) is 11.3 Å². The number of nitriles is 1. The molecule has 1 fully saturated rings. The van der Waals surface area contributed by atoms with Crippen molar-refractivity contribution in [3.05, 3.63) is 29.6 Å². The highest BCUT2D eigenvalue weighted by atomic mass is 15.2. The molecule has 0 aromatic carbocycles. The topological polar surface area (TPSA) is 43.2 Å². The van der Waals surface area contributed by atoms with E-state index < -0.39 is 0 Å². The van der Waals surface area contributed by atoms with Crippen molar-refractivity contribution in [2.75, 3.05) is 26.7 Å². The SMILES string of the molecule is CC1CN(C)CCCN1Cc1ccnc(C#N)c1. The summed E-state index contributed by atoms with van der Waals surface area (Å²) in [6.45, 7) is 6.58. The molecule has 0 spiro atoms. The van der Waals surface area contributed by atoms with Gasteiger partial charge in [-0.2, -0.15) is 5.26 Å². The van der Waals surface area contributed by atoms with Crippen LogP contribution in [0.2, 0.25) is 0 Å². The van der Waals surface area contributed by atoms with Crippen LogP contribution in [0.1, 0.15) is 24.6 Å². The summed E-state index contributed by atoms with van der Waals surface area (Å²) in [5.41, 5.74) is 1.69. The molecular formula is C14H20N4. The van der Waals surface area contributed by atoms with Crippen molar-refractivity contribution in [2.24, 2.45) is 0 Å². The van der Waals surface area contributed by atoms with Crippen LogP contribution in [0.4, 0.5) is 0 Å². The maximum atomic E-state index is 8.87. The van der Waals surface area contributed by atoms with Crippen LogP contribution in [-0.4, -0.2) is 47.5 Å². The van der Waals surface area contributed by atoms with Crippen LogP contribution in [0.15, 0.2) is 18.3 Å². The number of hydrogen-bond acceptors (Lipinski definition) is 4. The zero-order valence-corrected chi connectivity index (χ0v) is 11.1. The predicted molar refractivity (Wildman–Crippen MR) is 70.9 cm³/mol. The molecule has 96 valence electrons. The summed E-state index contributed by atoms with van der Waals surface area (Å²) in [5.74, 6) is 0. The molecule has 0 amide bonds. The molecule has 0 N–H and O–H groups in total. The summed E-state index contributed by atoms with van der Waals surface area (Å²) in [4.78, 5) is 8.89. The summed E-state index contributed by atoms with van der Waals surface area (Å²) >= 11 is 0. The van der Waals surface area contributed by atoms with E-state index in [4.69, 9.17) is 5.26 Å². The smallest absolute Gasteiger partial charge is 0.140 e. The molecule has 2 rings (SSSR count). The first-order chi connectivity index (χ1) is 8.69. The van der Waals surface area contributed by atoms with Crippen molar-refractivity contribution in [1.29, 1.82) is 5.26 Å². The van der Waals surface area contributed by atoms with E-state index in [1.165, 1.54) is 18.5 Å². The fourth-order valence-electron chi connectivity index (χ4n) is 2.53. The molecule has 1 unspecified atom stereocenters. The second-order valence-corrected chi connectivity index (χ2v) is 5.10. The molecule has 4 nitrogen and oxygen atoms in total. The number of nitrogens with zero attached hydrogens (tertiary/aromatic N) is 4. The molecular weight excluding hydrogens is 224 g/mol. The molecule has 0 saturated carbocycles. The number of hydrogen-bond donors (Lipinski definition) is 0. The van der Waals surface area contributed by atoms with Gasteiger partial charge in [0.05, 0.1) is 0 Å². The maximum absolute atomic E-state index is 8.87. The van der Waals surface area contributed by atoms with Crippen LogP contribution >= 0.6 is 0 Å². The number of pyridine rings is 1. The zero-order chi connectivity index (χ0) is 13.0. The average Bonchev–Trinajstić information content (AvgIpc) is 2.52. The highest BCUT2D eigenvalue weighted by Crippen LogP contribution is 2.13. The van der Waals surface area contributed by atoms with Gasteiger partial charge in [0.2, 0.25) is 0 Å². The van der Waals surface area contributed by atoms with Crippen LogP contribution in [0.5, 0.6) is 0 Å². The minimum atomic E-state index is 0.507. The van der Waals surface area contributed by atoms with Crippen LogP contribution < -0.4 is 0 Å². The lowest BCUT2D eigenvalue weighted by Crippen LogP contribution is -2.37. The Labute approximate surface area is 109 Å². The summed E-state index contributed by atoms with van der Waals surface area (Å²) in [6, 6.07) is 6.54. The first kappa shape index (κ1) is 13.0. The van der Waals surface area contributed by atoms with Crippen molar-refractivity contribution in [3.63, 3.8) is 0 Å². The third-order valence-electron chi connectivity index (χ3n) is 3.51. The lowest BCUT2D eigenvalue weighted by Gasteiger charge is -2.27. The quantitative estimate of drug-likeness (QED) is 0.790. The van der Waals surface area contributed by atoms with Crippen molar-refractivity contribution in [3.8, 4) is 6.07 Å². The van der Waals surface area contributed by atoms with E-state index in [2.05, 4.69) is 34.8 Å². The Morgan fingerprint density at radius 2 is 2.33 bits per heavy atom. The van der Waals surface area contributed by atoms with Crippen molar-refractivity contribution in [2.45, 2.75) is 25.9 Å². The van der Waals surface area contributed by atoms with Gasteiger partial charge in [0, 0.05) is 31.9 Å². The van der Waals surface area contributed by atoms with E-state index in [0.29, 0.717) is 11.7 Å². The molecule has 0 bridgehead atoms. The van der Waals surface area contributed by atoms with E-state index in [1.807, 2.05) is 12.1 Å². The molecule has 0 aliphatic carbocycles. The molecule has 1 aliphatic rings. The van der Waals surface area contributed by atoms with E-state index in [1.54, 1.807) is 6.20 Å². The van der Waals surface area contributed by atoms with Crippen LogP contribution in [-0.2, 0) is 6.54 Å². The summed E-state index contributed by atoms with van der Waals surface area (Å²) in [5, 5.41) is 8.87. The monoisotopic (exact) mass is 244 g/mol. The van der Waals surface area contributed by atoms with E-state index in [0.717, 1.165) is 19.6 Å². The average molecular weight is 244 g/mol. The Balaban J connectivity index is 2.05. The second-order valence-electron chi connectivity index (χ2n) is 5.10.